The molecule has 0 aromatic rings. The number of hydrogen-bond donors (Lipinski definition) is 4. The average Bonchev–Trinajstić information content (AvgIpc) is 2.23. The van der Waals surface area contributed by atoms with Crippen molar-refractivity contribution in [3.63, 3.8) is 0 Å². The van der Waals surface area contributed by atoms with Gasteiger partial charge >= 0.3 is 46.1 Å². The second-order valence-corrected chi connectivity index (χ2v) is 4.15. The Balaban J connectivity index is -0.000000143. The van der Waals surface area contributed by atoms with Crippen LogP contribution in [0.3, 0.4) is 0 Å². The molecule has 12 heteroatoms. The Morgan fingerprint density at radius 1 is 0.889 bits per heavy atom. The van der Waals surface area contributed by atoms with Crippen LogP contribution in [0.1, 0.15) is 12.8 Å². The summed E-state index contributed by atoms with van der Waals surface area (Å²) in [4.78, 5) is 16.4. The zero-order chi connectivity index (χ0) is 12.8. The zero-order valence-corrected chi connectivity index (χ0v) is 12.4. The summed E-state index contributed by atoms with van der Waals surface area (Å²) in [6, 6.07) is 0. The molecular formula is C6H21FeN2NaO6P2. The maximum atomic E-state index is 9.99. The SMILES string of the molecule is NCCN.O=[PH](O)OCCCCO[PH](=O)O.[Fe].[NaH]. The van der Waals surface area contributed by atoms with Gasteiger partial charge in [0.1, 0.15) is 0 Å². The average molecular weight is 358 g/mol. The van der Waals surface area contributed by atoms with Crippen molar-refractivity contribution in [3.8, 4) is 0 Å². The molecule has 0 aliphatic heterocycles. The van der Waals surface area contributed by atoms with Gasteiger partial charge in [-0.15, -0.1) is 0 Å². The summed E-state index contributed by atoms with van der Waals surface area (Å²) in [6.45, 7) is 1.54. The molecule has 0 spiro atoms. The van der Waals surface area contributed by atoms with Gasteiger partial charge in [-0.05, 0) is 12.8 Å². The molecule has 0 aromatic carbocycles. The quantitative estimate of drug-likeness (QED) is 0.241. The molecule has 0 rings (SSSR count). The summed E-state index contributed by atoms with van der Waals surface area (Å²) in [5, 5.41) is 0. The first-order valence-electron chi connectivity index (χ1n) is 4.66. The van der Waals surface area contributed by atoms with Crippen molar-refractivity contribution >= 4 is 46.1 Å². The van der Waals surface area contributed by atoms with Crippen LogP contribution in [0.15, 0.2) is 0 Å². The molecule has 0 aliphatic rings. The van der Waals surface area contributed by atoms with E-state index in [1.165, 1.54) is 0 Å². The molecule has 0 amide bonds. The van der Waals surface area contributed by atoms with Gasteiger partial charge in [-0.2, -0.15) is 0 Å². The van der Waals surface area contributed by atoms with Crippen LogP contribution in [0.4, 0.5) is 0 Å². The molecule has 0 saturated heterocycles. The summed E-state index contributed by atoms with van der Waals surface area (Å²) in [5.74, 6) is 0. The Hall–Kier alpha value is 1.74. The van der Waals surface area contributed by atoms with Gasteiger partial charge in [0.05, 0.1) is 13.2 Å². The van der Waals surface area contributed by atoms with Gasteiger partial charge in [0.2, 0.25) is 0 Å². The van der Waals surface area contributed by atoms with Crippen molar-refractivity contribution in [2.24, 2.45) is 11.5 Å². The molecule has 8 nitrogen and oxygen atoms in total. The molecule has 0 aromatic heterocycles. The Morgan fingerprint density at radius 2 is 1.17 bits per heavy atom. The van der Waals surface area contributed by atoms with Crippen LogP contribution in [-0.4, -0.2) is 65.6 Å². The molecule has 2 unspecified atom stereocenters. The Kier molecular flexibility index (Phi) is 37.0. The Morgan fingerprint density at radius 3 is 1.33 bits per heavy atom. The fraction of sp³-hybridized carbons (Fsp3) is 1.00. The van der Waals surface area contributed by atoms with Crippen molar-refractivity contribution in [3.05, 3.63) is 0 Å². The van der Waals surface area contributed by atoms with E-state index in [1.54, 1.807) is 0 Å². The van der Waals surface area contributed by atoms with Gasteiger partial charge in [0.15, 0.2) is 0 Å². The summed E-state index contributed by atoms with van der Waals surface area (Å²) in [5.41, 5.74) is 9.81. The third-order valence-electron chi connectivity index (χ3n) is 1.16. The molecule has 0 saturated carbocycles. The van der Waals surface area contributed by atoms with Crippen LogP contribution < -0.4 is 11.5 Å². The van der Waals surface area contributed by atoms with E-state index in [-0.39, 0.29) is 59.8 Å². The van der Waals surface area contributed by atoms with Gasteiger partial charge in [-0.3, -0.25) is 9.13 Å². The molecular weight excluding hydrogens is 337 g/mol. The zero-order valence-electron chi connectivity index (χ0n) is 9.28. The van der Waals surface area contributed by atoms with E-state index >= 15 is 0 Å². The summed E-state index contributed by atoms with van der Waals surface area (Å²) in [6.07, 6.45) is 1.07. The monoisotopic (exact) mass is 358 g/mol. The Labute approximate surface area is 141 Å². The molecule has 110 valence electrons. The molecule has 0 bridgehead atoms. The van der Waals surface area contributed by atoms with E-state index in [0.29, 0.717) is 25.9 Å². The minimum atomic E-state index is -2.83. The van der Waals surface area contributed by atoms with Crippen molar-refractivity contribution in [2.45, 2.75) is 12.8 Å². The number of hydrogen-bond acceptors (Lipinski definition) is 6. The second kappa shape index (κ2) is 23.8. The number of nitrogens with two attached hydrogens (primary N) is 2. The third kappa shape index (κ3) is 36.1. The van der Waals surface area contributed by atoms with Gasteiger partial charge < -0.3 is 30.3 Å². The molecule has 0 radical (unpaired) electrons. The number of unbranched alkanes of at least 4 members (excludes halogenated alkanes) is 1. The van der Waals surface area contributed by atoms with Crippen molar-refractivity contribution in [1.82, 2.24) is 0 Å². The van der Waals surface area contributed by atoms with E-state index < -0.39 is 16.5 Å². The third-order valence-corrected chi connectivity index (χ3v) is 2.06. The first kappa shape index (κ1) is 28.0. The predicted octanol–water partition coefficient (Wildman–Crippen LogP) is -1.18. The second-order valence-electron chi connectivity index (χ2n) is 2.51. The summed E-state index contributed by atoms with van der Waals surface area (Å²) < 4.78 is 28.7. The van der Waals surface area contributed by atoms with Crippen molar-refractivity contribution in [1.29, 1.82) is 0 Å². The predicted molar refractivity (Wildman–Crippen MR) is 68.8 cm³/mol. The van der Waals surface area contributed by atoms with E-state index in [4.69, 9.17) is 21.3 Å². The standard InChI is InChI=1S/C4H12O6P2.C2H8N2.Fe.Na.H/c5-11(6)9-3-1-2-4-10-12(7)8;3-1-2-4;;;/h11-12H,1-4H2,(H,5,6)(H,7,8);1-4H2;;;. The summed E-state index contributed by atoms with van der Waals surface area (Å²) >= 11 is 0. The van der Waals surface area contributed by atoms with Gasteiger partial charge in [-0.1, -0.05) is 0 Å². The molecule has 0 heterocycles. The van der Waals surface area contributed by atoms with Crippen molar-refractivity contribution in [2.75, 3.05) is 26.3 Å². The van der Waals surface area contributed by atoms with Gasteiger partial charge in [0, 0.05) is 30.2 Å². The molecule has 2 atom stereocenters. The first-order chi connectivity index (χ1) is 7.54. The van der Waals surface area contributed by atoms with E-state index in [2.05, 4.69) is 9.05 Å². The van der Waals surface area contributed by atoms with Crippen LogP contribution in [0.2, 0.25) is 0 Å². The normalized spacial score (nSPS) is 12.2. The van der Waals surface area contributed by atoms with E-state index in [1.807, 2.05) is 0 Å². The minimum absolute atomic E-state index is 0. The van der Waals surface area contributed by atoms with Crippen LogP contribution >= 0.6 is 16.5 Å². The van der Waals surface area contributed by atoms with Crippen LogP contribution in [-0.2, 0) is 35.2 Å². The number of rotatable bonds is 8. The van der Waals surface area contributed by atoms with Gasteiger partial charge in [0.25, 0.3) is 0 Å². The molecule has 0 fully saturated rings. The van der Waals surface area contributed by atoms with E-state index in [9.17, 15) is 9.13 Å². The molecule has 0 aliphatic carbocycles. The Bertz CT molecular complexity index is 185. The van der Waals surface area contributed by atoms with Crippen molar-refractivity contribution < 1.29 is 45.0 Å². The van der Waals surface area contributed by atoms with Gasteiger partial charge in [-0.25, -0.2) is 0 Å². The molecule has 6 N–H and O–H groups in total. The summed E-state index contributed by atoms with van der Waals surface area (Å²) in [7, 11) is -5.67. The van der Waals surface area contributed by atoms with Crippen LogP contribution in [0.5, 0.6) is 0 Å². The maximum absolute atomic E-state index is 9.99. The van der Waals surface area contributed by atoms with Crippen LogP contribution in [0, 0.1) is 0 Å². The fourth-order valence-electron chi connectivity index (χ4n) is 0.523. The molecule has 18 heavy (non-hydrogen) atoms. The van der Waals surface area contributed by atoms with Crippen LogP contribution in [0.25, 0.3) is 0 Å². The van der Waals surface area contributed by atoms with E-state index in [0.717, 1.165) is 0 Å². The fourth-order valence-corrected chi connectivity index (χ4v) is 1.16. The topological polar surface area (TPSA) is 145 Å². The first-order valence-corrected chi connectivity index (χ1v) is 7.18.